The maximum absolute atomic E-state index is 13.5. The Morgan fingerprint density at radius 1 is 0.902 bits per heavy atom. The molecule has 2 heterocycles. The molecular formula is C27H35N7O7. The van der Waals surface area contributed by atoms with Crippen molar-refractivity contribution in [1.29, 1.82) is 0 Å². The fourth-order valence-corrected chi connectivity index (χ4v) is 4.36. The van der Waals surface area contributed by atoms with Gasteiger partial charge in [0.05, 0.1) is 18.8 Å². The number of carboxylic acids is 2. The molecule has 3 aromatic rings. The van der Waals surface area contributed by atoms with E-state index in [1.165, 1.54) is 12.5 Å². The third kappa shape index (κ3) is 8.89. The molecule has 0 saturated heterocycles. The zero-order valence-electron chi connectivity index (χ0n) is 22.7. The number of carbonyl (C=O) groups excluding carboxylic acids is 3. The molecule has 2 aromatic heterocycles. The number of carbonyl (C=O) groups is 5. The standard InChI is InChI=1S/C27H35N7O7/c1-14(2)7-22(27(40)41)34-26(39)21(10-23(35)36)33-25(38)20(8-15-11-30-19-6-4-3-5-17(15)19)32-24(37)18(28)9-16-12-29-13-31-16/h3-6,11-14,18,20-22,30H,7-10,28H2,1-2H3,(H,29,31)(H,32,37)(H,33,38)(H,34,39)(H,35,36)(H,40,41). The van der Waals surface area contributed by atoms with E-state index in [0.29, 0.717) is 11.3 Å². The van der Waals surface area contributed by atoms with Gasteiger partial charge in [0.2, 0.25) is 17.7 Å². The van der Waals surface area contributed by atoms with Crippen molar-refractivity contribution >= 4 is 40.6 Å². The van der Waals surface area contributed by atoms with Crippen molar-refractivity contribution in [3.05, 3.63) is 54.2 Å². The van der Waals surface area contributed by atoms with E-state index in [9.17, 15) is 34.2 Å². The second-order valence-corrected chi connectivity index (χ2v) is 10.2. The highest BCUT2D eigenvalue weighted by Gasteiger charge is 2.32. The van der Waals surface area contributed by atoms with Crippen LogP contribution in [-0.2, 0) is 36.8 Å². The molecule has 4 atom stereocenters. The molecule has 3 amide bonds. The number of H-pyrrole nitrogens is 2. The Kier molecular flexibility index (Phi) is 10.6. The van der Waals surface area contributed by atoms with Gasteiger partial charge in [-0.15, -0.1) is 0 Å². The first-order valence-corrected chi connectivity index (χ1v) is 13.1. The van der Waals surface area contributed by atoms with Crippen molar-refractivity contribution in [2.45, 2.75) is 63.7 Å². The molecule has 0 radical (unpaired) electrons. The summed E-state index contributed by atoms with van der Waals surface area (Å²) in [4.78, 5) is 72.5. The van der Waals surface area contributed by atoms with Gasteiger partial charge in [0.15, 0.2) is 0 Å². The van der Waals surface area contributed by atoms with Gasteiger partial charge in [0.1, 0.15) is 18.1 Å². The summed E-state index contributed by atoms with van der Waals surface area (Å²) in [5, 5.41) is 27.0. The predicted octanol–water partition coefficient (Wildman–Crippen LogP) is 0.0633. The van der Waals surface area contributed by atoms with Crippen LogP contribution >= 0.6 is 0 Å². The maximum atomic E-state index is 13.5. The average molecular weight is 570 g/mol. The average Bonchev–Trinajstić information content (AvgIpc) is 3.56. The fourth-order valence-electron chi connectivity index (χ4n) is 4.36. The molecule has 14 heteroatoms. The molecule has 41 heavy (non-hydrogen) atoms. The molecule has 0 aliphatic carbocycles. The first-order valence-electron chi connectivity index (χ1n) is 13.1. The van der Waals surface area contributed by atoms with Crippen LogP contribution in [0.4, 0.5) is 0 Å². The summed E-state index contributed by atoms with van der Waals surface area (Å²) in [6, 6.07) is 2.16. The topological polar surface area (TPSA) is 232 Å². The normalized spacial score (nSPS) is 14.1. The van der Waals surface area contributed by atoms with Crippen molar-refractivity contribution in [3.63, 3.8) is 0 Å². The number of hydrogen-bond acceptors (Lipinski definition) is 7. The quantitative estimate of drug-likeness (QED) is 0.123. The third-order valence-corrected chi connectivity index (χ3v) is 6.40. The molecule has 3 rings (SSSR count). The third-order valence-electron chi connectivity index (χ3n) is 6.40. The number of benzene rings is 1. The van der Waals surface area contributed by atoms with Crippen LogP contribution < -0.4 is 21.7 Å². The minimum Gasteiger partial charge on any atom is -0.481 e. The number of rotatable bonds is 15. The molecule has 0 bridgehead atoms. The monoisotopic (exact) mass is 569 g/mol. The minimum atomic E-state index is -1.60. The summed E-state index contributed by atoms with van der Waals surface area (Å²) in [6.45, 7) is 3.54. The van der Waals surface area contributed by atoms with Gasteiger partial charge in [0.25, 0.3) is 0 Å². The summed E-state index contributed by atoms with van der Waals surface area (Å²) < 4.78 is 0. The highest BCUT2D eigenvalue weighted by atomic mass is 16.4. The van der Waals surface area contributed by atoms with Gasteiger partial charge in [-0.1, -0.05) is 32.0 Å². The van der Waals surface area contributed by atoms with Crippen molar-refractivity contribution in [3.8, 4) is 0 Å². The van der Waals surface area contributed by atoms with Gasteiger partial charge in [0, 0.05) is 41.8 Å². The number of nitrogens with one attached hydrogen (secondary N) is 5. The number of aliphatic carboxylic acids is 2. The maximum Gasteiger partial charge on any atom is 0.326 e. The Balaban J connectivity index is 1.83. The zero-order valence-corrected chi connectivity index (χ0v) is 22.7. The van der Waals surface area contributed by atoms with E-state index in [1.807, 2.05) is 24.3 Å². The molecule has 4 unspecified atom stereocenters. The molecule has 9 N–H and O–H groups in total. The van der Waals surface area contributed by atoms with Crippen LogP contribution in [0.3, 0.4) is 0 Å². The highest BCUT2D eigenvalue weighted by molar-refractivity contribution is 5.96. The largest absolute Gasteiger partial charge is 0.481 e. The summed E-state index contributed by atoms with van der Waals surface area (Å²) in [5.41, 5.74) is 8.16. The Morgan fingerprint density at radius 2 is 1.56 bits per heavy atom. The number of para-hydroxylation sites is 1. The van der Waals surface area contributed by atoms with E-state index in [4.69, 9.17) is 5.73 Å². The van der Waals surface area contributed by atoms with Gasteiger partial charge in [-0.3, -0.25) is 19.2 Å². The smallest absolute Gasteiger partial charge is 0.326 e. The number of amides is 3. The first-order chi connectivity index (χ1) is 19.4. The van der Waals surface area contributed by atoms with E-state index in [1.54, 1.807) is 20.0 Å². The van der Waals surface area contributed by atoms with Gasteiger partial charge in [-0.25, -0.2) is 9.78 Å². The van der Waals surface area contributed by atoms with Crippen LogP contribution in [-0.4, -0.2) is 79.0 Å². The zero-order chi connectivity index (χ0) is 30.1. The molecular weight excluding hydrogens is 534 g/mol. The number of nitrogens with two attached hydrogens (primary N) is 1. The van der Waals surface area contributed by atoms with E-state index in [2.05, 4.69) is 30.9 Å². The van der Waals surface area contributed by atoms with E-state index >= 15 is 0 Å². The van der Waals surface area contributed by atoms with Gasteiger partial charge in [-0.2, -0.15) is 0 Å². The summed E-state index contributed by atoms with van der Waals surface area (Å²) in [5.74, 6) is -5.22. The molecule has 0 aliphatic heterocycles. The van der Waals surface area contributed by atoms with Crippen molar-refractivity contribution < 1.29 is 34.2 Å². The number of imidazole rings is 1. The SMILES string of the molecule is CC(C)CC(NC(=O)C(CC(=O)O)NC(=O)C(Cc1c[nH]c2ccccc12)NC(=O)C(N)Cc1cnc[nH]1)C(=O)O. The predicted molar refractivity (Wildman–Crippen MR) is 147 cm³/mol. The van der Waals surface area contributed by atoms with Crippen LogP contribution in [0.15, 0.2) is 43.0 Å². The van der Waals surface area contributed by atoms with E-state index < -0.39 is 60.2 Å². The number of aromatic nitrogens is 3. The molecule has 220 valence electrons. The Bertz CT molecular complexity index is 1370. The number of fused-ring (bicyclic) bond motifs is 1. The van der Waals surface area contributed by atoms with E-state index in [0.717, 1.165) is 10.9 Å². The Labute approximate surface area is 235 Å². The number of hydrogen-bond donors (Lipinski definition) is 8. The summed E-state index contributed by atoms with van der Waals surface area (Å²) in [7, 11) is 0. The van der Waals surface area contributed by atoms with Crippen LogP contribution in [0, 0.1) is 5.92 Å². The molecule has 1 aromatic carbocycles. The number of nitrogens with zero attached hydrogens (tertiary/aromatic N) is 1. The van der Waals surface area contributed by atoms with Crippen LogP contribution in [0.1, 0.15) is 37.9 Å². The lowest BCUT2D eigenvalue weighted by Crippen LogP contribution is -2.58. The molecule has 0 spiro atoms. The van der Waals surface area contributed by atoms with Gasteiger partial charge >= 0.3 is 11.9 Å². The number of aromatic amines is 2. The second-order valence-electron chi connectivity index (χ2n) is 10.2. The molecule has 0 saturated carbocycles. The summed E-state index contributed by atoms with van der Waals surface area (Å²) >= 11 is 0. The Hall–Kier alpha value is -4.72. The molecule has 14 nitrogen and oxygen atoms in total. The van der Waals surface area contributed by atoms with E-state index in [-0.39, 0.29) is 25.2 Å². The lowest BCUT2D eigenvalue weighted by molar-refractivity contribution is -0.144. The minimum absolute atomic E-state index is 0.00905. The van der Waals surface area contributed by atoms with Crippen LogP contribution in [0.25, 0.3) is 10.9 Å². The van der Waals surface area contributed by atoms with Crippen molar-refractivity contribution in [2.24, 2.45) is 11.7 Å². The highest BCUT2D eigenvalue weighted by Crippen LogP contribution is 2.19. The van der Waals surface area contributed by atoms with Crippen molar-refractivity contribution in [1.82, 2.24) is 30.9 Å². The molecule has 0 fully saturated rings. The second kappa shape index (κ2) is 14.1. The lowest BCUT2D eigenvalue weighted by atomic mass is 10.0. The summed E-state index contributed by atoms with van der Waals surface area (Å²) in [6.07, 6.45) is 4.04. The first kappa shape index (κ1) is 30.8. The Morgan fingerprint density at radius 3 is 2.20 bits per heavy atom. The van der Waals surface area contributed by atoms with Crippen LogP contribution in [0.2, 0.25) is 0 Å². The van der Waals surface area contributed by atoms with Gasteiger partial charge in [-0.05, 0) is 24.0 Å². The van der Waals surface area contributed by atoms with Crippen molar-refractivity contribution in [2.75, 3.05) is 0 Å². The van der Waals surface area contributed by atoms with Gasteiger partial charge < -0.3 is 41.9 Å². The molecule has 0 aliphatic rings. The lowest BCUT2D eigenvalue weighted by Gasteiger charge is -2.25. The number of carboxylic acid groups (broad SMARTS) is 2. The van der Waals surface area contributed by atoms with Crippen LogP contribution in [0.5, 0.6) is 0 Å². The fraction of sp³-hybridized carbons (Fsp3) is 0.407.